The standard InChI is InChI=1S/C45H68N2.Ni/c1-7-13-18-19-20-21-22-23-24-25-31-45(47-43-35-33-39(28-15-9-3)41(37-43)30-17-11-5)44(26-12-6)46-42-34-32-38(27-14-8-2)40(36-42)29-16-10-4;/h25,31-37H,7-11,13-24,27-30H2,1-6H3;. The Labute approximate surface area is 307 Å². The first-order valence-electron chi connectivity index (χ1n) is 19.6. The summed E-state index contributed by atoms with van der Waals surface area (Å²) in [6.45, 7) is 13.3. The van der Waals surface area contributed by atoms with Crippen LogP contribution in [0.25, 0.3) is 0 Å². The molecule has 0 unspecified atom stereocenters. The Balaban J connectivity index is 0.0000115. The monoisotopic (exact) mass is 694 g/mol. The minimum atomic E-state index is 0. The third kappa shape index (κ3) is 17.8. The molecule has 2 aromatic carbocycles. The smallest absolute Gasteiger partial charge is 0.139 e. The van der Waals surface area contributed by atoms with E-state index in [4.69, 9.17) is 9.98 Å². The Morgan fingerprint density at radius 1 is 0.542 bits per heavy atom. The van der Waals surface area contributed by atoms with Crippen LogP contribution in [0, 0.1) is 11.8 Å². The van der Waals surface area contributed by atoms with Gasteiger partial charge in [-0.1, -0.05) is 129 Å². The van der Waals surface area contributed by atoms with Crippen LogP contribution in [-0.4, -0.2) is 11.4 Å². The summed E-state index contributed by atoms with van der Waals surface area (Å²) in [5, 5.41) is 0. The summed E-state index contributed by atoms with van der Waals surface area (Å²) in [7, 11) is 0. The first-order valence-corrected chi connectivity index (χ1v) is 19.6. The van der Waals surface area contributed by atoms with Crippen LogP contribution in [0.2, 0.25) is 0 Å². The molecule has 0 bridgehead atoms. The molecule has 0 fully saturated rings. The summed E-state index contributed by atoms with van der Waals surface area (Å²) in [4.78, 5) is 10.5. The molecule has 0 saturated carbocycles. The van der Waals surface area contributed by atoms with Gasteiger partial charge in [-0.2, -0.15) is 0 Å². The number of nitrogens with zero attached hydrogens (tertiary/aromatic N) is 2. The second-order valence-electron chi connectivity index (χ2n) is 13.3. The summed E-state index contributed by atoms with van der Waals surface area (Å²) in [6.07, 6.45) is 30.5. The zero-order valence-electron chi connectivity index (χ0n) is 31.7. The van der Waals surface area contributed by atoms with Crippen molar-refractivity contribution < 1.29 is 16.5 Å². The summed E-state index contributed by atoms with van der Waals surface area (Å²) >= 11 is 0. The van der Waals surface area contributed by atoms with Crippen LogP contribution in [0.5, 0.6) is 0 Å². The SMILES string of the molecule is CC#CC(=Nc1ccc(CCCC)c(CCCC)c1)C(C=CCCCCCCCCCC)=Nc1ccc(CCCC)c(CCCC)c1.[Ni]. The number of aryl methyl sites for hydroxylation is 4. The predicted octanol–water partition coefficient (Wildman–Crippen LogP) is 14.0. The molecule has 0 atom stereocenters. The van der Waals surface area contributed by atoms with Crippen molar-refractivity contribution in [3.63, 3.8) is 0 Å². The molecule has 3 heteroatoms. The van der Waals surface area contributed by atoms with Gasteiger partial charge in [-0.15, -0.1) is 0 Å². The van der Waals surface area contributed by atoms with Gasteiger partial charge in [0.1, 0.15) is 5.71 Å². The molecule has 0 aliphatic rings. The summed E-state index contributed by atoms with van der Waals surface area (Å²) in [5.74, 6) is 6.51. The molecule has 0 N–H and O–H groups in total. The Kier molecular flexibility index (Phi) is 25.8. The largest absolute Gasteiger partial charge is 0.246 e. The van der Waals surface area contributed by atoms with E-state index < -0.39 is 0 Å². The zero-order chi connectivity index (χ0) is 34.0. The van der Waals surface area contributed by atoms with E-state index in [1.54, 1.807) is 0 Å². The van der Waals surface area contributed by atoms with Crippen LogP contribution >= 0.6 is 0 Å². The second kappa shape index (κ2) is 28.4. The first-order chi connectivity index (χ1) is 23.1. The molecule has 0 spiro atoms. The number of rotatable bonds is 25. The van der Waals surface area contributed by atoms with Gasteiger partial charge in [0, 0.05) is 16.5 Å². The molecular weight excluding hydrogens is 627 g/mol. The molecule has 2 nitrogen and oxygen atoms in total. The van der Waals surface area contributed by atoms with Crippen LogP contribution in [0.15, 0.2) is 58.5 Å². The van der Waals surface area contributed by atoms with Crippen LogP contribution in [-0.2, 0) is 42.2 Å². The molecule has 0 radical (unpaired) electrons. The van der Waals surface area contributed by atoms with E-state index >= 15 is 0 Å². The first kappa shape index (κ1) is 43.6. The van der Waals surface area contributed by atoms with E-state index in [2.05, 4.69) is 95.0 Å². The molecule has 0 aliphatic heterocycles. The maximum absolute atomic E-state index is 5.27. The van der Waals surface area contributed by atoms with Gasteiger partial charge < -0.3 is 0 Å². The maximum atomic E-state index is 5.27. The van der Waals surface area contributed by atoms with Crippen molar-refractivity contribution >= 4 is 22.8 Å². The predicted molar refractivity (Wildman–Crippen MR) is 211 cm³/mol. The Morgan fingerprint density at radius 3 is 1.46 bits per heavy atom. The van der Waals surface area contributed by atoms with Crippen LogP contribution in [0.3, 0.4) is 0 Å². The fourth-order valence-corrected chi connectivity index (χ4v) is 6.08. The second-order valence-corrected chi connectivity index (χ2v) is 13.3. The minimum absolute atomic E-state index is 0. The van der Waals surface area contributed by atoms with Gasteiger partial charge in [-0.3, -0.25) is 0 Å². The van der Waals surface area contributed by atoms with E-state index in [9.17, 15) is 0 Å². The van der Waals surface area contributed by atoms with Crippen molar-refractivity contribution in [3.8, 4) is 11.8 Å². The van der Waals surface area contributed by atoms with Crippen molar-refractivity contribution in [2.45, 2.75) is 176 Å². The molecule has 268 valence electrons. The van der Waals surface area contributed by atoms with E-state index in [1.165, 1.54) is 125 Å². The van der Waals surface area contributed by atoms with Gasteiger partial charge in [0.2, 0.25) is 0 Å². The van der Waals surface area contributed by atoms with Gasteiger partial charge >= 0.3 is 0 Å². The average molecular weight is 696 g/mol. The minimum Gasteiger partial charge on any atom is -0.246 e. The number of unbranched alkanes of at least 4 members (excludes halogenated alkanes) is 12. The number of hydrogen-bond donors (Lipinski definition) is 0. The normalized spacial score (nSPS) is 11.9. The van der Waals surface area contributed by atoms with Gasteiger partial charge in [0.15, 0.2) is 0 Å². The molecule has 48 heavy (non-hydrogen) atoms. The number of hydrogen-bond acceptors (Lipinski definition) is 2. The van der Waals surface area contributed by atoms with Crippen molar-refractivity contribution in [1.29, 1.82) is 0 Å². The van der Waals surface area contributed by atoms with Crippen molar-refractivity contribution in [2.24, 2.45) is 9.98 Å². The van der Waals surface area contributed by atoms with Gasteiger partial charge in [0.05, 0.1) is 17.1 Å². The maximum Gasteiger partial charge on any atom is 0.139 e. The fraction of sp³-hybridized carbons (Fsp3) is 0.600. The number of benzene rings is 2. The molecule has 0 saturated heterocycles. The van der Waals surface area contributed by atoms with Crippen molar-refractivity contribution in [1.82, 2.24) is 0 Å². The van der Waals surface area contributed by atoms with Gasteiger partial charge in [-0.25, -0.2) is 9.98 Å². The molecule has 2 rings (SSSR count). The third-order valence-corrected chi connectivity index (χ3v) is 9.05. The zero-order valence-corrected chi connectivity index (χ0v) is 32.7. The van der Waals surface area contributed by atoms with Crippen LogP contribution < -0.4 is 0 Å². The van der Waals surface area contributed by atoms with Crippen LogP contribution in [0.1, 0.15) is 173 Å². The number of aliphatic imine (C=N–C) groups is 2. The van der Waals surface area contributed by atoms with E-state index in [0.717, 1.165) is 54.9 Å². The summed E-state index contributed by atoms with van der Waals surface area (Å²) in [6, 6.07) is 13.7. The van der Waals surface area contributed by atoms with E-state index in [1.807, 2.05) is 6.92 Å². The average Bonchev–Trinajstić information content (AvgIpc) is 3.09. The van der Waals surface area contributed by atoms with Crippen molar-refractivity contribution in [3.05, 3.63) is 70.8 Å². The van der Waals surface area contributed by atoms with E-state index in [-0.39, 0.29) is 16.5 Å². The Bertz CT molecular complexity index is 1290. The Hall–Kier alpha value is -2.43. The van der Waals surface area contributed by atoms with E-state index in [0.29, 0.717) is 0 Å². The molecule has 0 amide bonds. The summed E-state index contributed by atoms with van der Waals surface area (Å²) in [5.41, 5.74) is 9.47. The third-order valence-electron chi connectivity index (χ3n) is 9.05. The van der Waals surface area contributed by atoms with Crippen molar-refractivity contribution in [2.75, 3.05) is 0 Å². The molecule has 0 heterocycles. The fourth-order valence-electron chi connectivity index (χ4n) is 6.08. The molecule has 2 aromatic rings. The number of allylic oxidation sites excluding steroid dienone is 2. The molecular formula is C45H68N2Ni. The summed E-state index contributed by atoms with van der Waals surface area (Å²) < 4.78 is 0. The quantitative estimate of drug-likeness (QED) is 0.0428. The van der Waals surface area contributed by atoms with Gasteiger partial charge in [0.25, 0.3) is 0 Å². The molecule has 0 aliphatic carbocycles. The van der Waals surface area contributed by atoms with Crippen LogP contribution in [0.4, 0.5) is 11.4 Å². The molecule has 0 aromatic heterocycles. The topological polar surface area (TPSA) is 24.7 Å². The Morgan fingerprint density at radius 2 is 0.979 bits per heavy atom. The van der Waals surface area contributed by atoms with Gasteiger partial charge in [-0.05, 0) is 130 Å².